The van der Waals surface area contributed by atoms with E-state index < -0.39 is 6.86 Å². The Hall–Kier alpha value is -1.91. The summed E-state index contributed by atoms with van der Waals surface area (Å²) in [5, 5.41) is 0. The number of ether oxygens (including phenoxy) is 1. The Morgan fingerprint density at radius 1 is 0.784 bits per heavy atom. The molecule has 4 N–H and O–H groups in total. The lowest BCUT2D eigenvalue weighted by Gasteiger charge is -2.21. The molecule has 0 fully saturated rings. The van der Waals surface area contributed by atoms with E-state index in [4.69, 9.17) is 16.2 Å². The SMILES string of the molecule is C=C1C=C(CCCCN)C=C(CC)C1C.CCC.CCC.CCc1cc(CCCCN)cc(OCF)c1. The van der Waals surface area contributed by atoms with Crippen LogP contribution in [0, 0.1) is 5.92 Å². The van der Waals surface area contributed by atoms with E-state index in [1.54, 1.807) is 0 Å². The van der Waals surface area contributed by atoms with Crippen LogP contribution in [0.5, 0.6) is 5.75 Å². The molecule has 0 amide bonds. The van der Waals surface area contributed by atoms with Crippen molar-refractivity contribution in [3.63, 3.8) is 0 Å². The average molecular weight is 519 g/mol. The Morgan fingerprint density at radius 3 is 1.81 bits per heavy atom. The monoisotopic (exact) mass is 518 g/mol. The zero-order valence-electron chi connectivity index (χ0n) is 25.3. The first-order chi connectivity index (χ1) is 17.8. The molecule has 0 bridgehead atoms. The molecule has 1 aromatic rings. The molecule has 1 atom stereocenters. The first-order valence-electron chi connectivity index (χ1n) is 14.6. The molecular formula is C33H59FN2O. The van der Waals surface area contributed by atoms with Crippen LogP contribution in [0.2, 0.25) is 0 Å². The molecule has 1 aromatic carbocycles. The predicted molar refractivity (Wildman–Crippen MR) is 164 cm³/mol. The molecule has 0 spiro atoms. The summed E-state index contributed by atoms with van der Waals surface area (Å²) in [6.45, 7) is 19.9. The first-order valence-corrected chi connectivity index (χ1v) is 14.6. The first kappa shape index (κ1) is 37.2. The number of halogens is 1. The fourth-order valence-corrected chi connectivity index (χ4v) is 3.73. The molecule has 3 nitrogen and oxygen atoms in total. The van der Waals surface area contributed by atoms with Gasteiger partial charge >= 0.3 is 0 Å². The van der Waals surface area contributed by atoms with E-state index in [-0.39, 0.29) is 0 Å². The second-order valence-corrected chi connectivity index (χ2v) is 9.59. The Kier molecular flexibility index (Phi) is 25.9. The molecule has 0 saturated heterocycles. The summed E-state index contributed by atoms with van der Waals surface area (Å²) < 4.78 is 17.0. The molecule has 214 valence electrons. The van der Waals surface area contributed by atoms with Gasteiger partial charge in [-0.15, -0.1) is 0 Å². The molecule has 0 radical (unpaired) electrons. The maximum atomic E-state index is 12.1. The topological polar surface area (TPSA) is 61.3 Å². The largest absolute Gasteiger partial charge is 0.463 e. The lowest BCUT2D eigenvalue weighted by Crippen LogP contribution is -2.06. The van der Waals surface area contributed by atoms with Gasteiger partial charge in [0.05, 0.1) is 0 Å². The second kappa shape index (κ2) is 25.7. The van der Waals surface area contributed by atoms with Gasteiger partial charge in [-0.25, -0.2) is 4.39 Å². The summed E-state index contributed by atoms with van der Waals surface area (Å²) in [6.07, 6.45) is 15.7. The molecule has 0 saturated carbocycles. The van der Waals surface area contributed by atoms with Gasteiger partial charge in [-0.05, 0) is 98.9 Å². The molecule has 0 aliphatic heterocycles. The standard InChI is InChI=1S/C14H23N.C13H20FNO.2C3H8/c1-4-14-10-13(7-5-6-8-15)9-11(2)12(14)3;1-2-11-7-12(5-3-4-6-15)9-13(8-11)16-10-14;2*1-3-2/h9-10,12H,2,4-8,15H2,1,3H3;7-9H,2-6,10,15H2,1H3;2*3H2,1-2H3. The van der Waals surface area contributed by atoms with Gasteiger partial charge < -0.3 is 16.2 Å². The van der Waals surface area contributed by atoms with Crippen LogP contribution >= 0.6 is 0 Å². The summed E-state index contributed by atoms with van der Waals surface area (Å²) in [4.78, 5) is 0. The quantitative estimate of drug-likeness (QED) is 0.271. The summed E-state index contributed by atoms with van der Waals surface area (Å²) in [7, 11) is 0. The van der Waals surface area contributed by atoms with Crippen LogP contribution in [0.1, 0.15) is 111 Å². The lowest BCUT2D eigenvalue weighted by atomic mass is 9.84. The zero-order valence-corrected chi connectivity index (χ0v) is 25.3. The van der Waals surface area contributed by atoms with Gasteiger partial charge in [0, 0.05) is 5.92 Å². The van der Waals surface area contributed by atoms with Gasteiger partial charge in [0.1, 0.15) is 5.75 Å². The second-order valence-electron chi connectivity index (χ2n) is 9.59. The highest BCUT2D eigenvalue weighted by molar-refractivity contribution is 5.41. The Balaban J connectivity index is 0. The highest BCUT2D eigenvalue weighted by atomic mass is 19.1. The van der Waals surface area contributed by atoms with E-state index in [0.29, 0.717) is 11.7 Å². The smallest absolute Gasteiger partial charge is 0.228 e. The third-order valence-electron chi connectivity index (χ3n) is 5.76. The van der Waals surface area contributed by atoms with Crippen LogP contribution in [0.15, 0.2) is 53.6 Å². The zero-order chi connectivity index (χ0) is 28.5. The van der Waals surface area contributed by atoms with Crippen molar-refractivity contribution >= 4 is 0 Å². The highest BCUT2D eigenvalue weighted by Crippen LogP contribution is 2.30. The molecule has 0 aromatic heterocycles. The van der Waals surface area contributed by atoms with Gasteiger partial charge in [0.25, 0.3) is 0 Å². The molecule has 1 unspecified atom stereocenters. The number of benzene rings is 1. The summed E-state index contributed by atoms with van der Waals surface area (Å²) >= 11 is 0. The van der Waals surface area contributed by atoms with Crippen LogP contribution in [0.3, 0.4) is 0 Å². The number of hydrogen-bond acceptors (Lipinski definition) is 3. The summed E-state index contributed by atoms with van der Waals surface area (Å²) in [6, 6.07) is 5.96. The van der Waals surface area contributed by atoms with E-state index in [1.807, 2.05) is 12.1 Å². The van der Waals surface area contributed by atoms with Crippen molar-refractivity contribution in [3.8, 4) is 5.75 Å². The van der Waals surface area contributed by atoms with E-state index in [2.05, 4.69) is 73.3 Å². The van der Waals surface area contributed by atoms with Crippen LogP contribution in [0.4, 0.5) is 4.39 Å². The lowest BCUT2D eigenvalue weighted by molar-refractivity contribution is 0.191. The van der Waals surface area contributed by atoms with Crippen molar-refractivity contribution in [2.75, 3.05) is 20.0 Å². The van der Waals surface area contributed by atoms with Gasteiger partial charge in [-0.1, -0.05) is 91.7 Å². The minimum Gasteiger partial charge on any atom is -0.463 e. The fourth-order valence-electron chi connectivity index (χ4n) is 3.73. The number of hydrogen-bond donors (Lipinski definition) is 2. The number of alkyl halides is 1. The third kappa shape index (κ3) is 18.9. The maximum absolute atomic E-state index is 12.1. The van der Waals surface area contributed by atoms with Gasteiger partial charge in [0.2, 0.25) is 6.86 Å². The normalized spacial score (nSPS) is 14.1. The van der Waals surface area contributed by atoms with Crippen molar-refractivity contribution in [3.05, 3.63) is 64.8 Å². The van der Waals surface area contributed by atoms with Crippen LogP contribution in [0.25, 0.3) is 0 Å². The van der Waals surface area contributed by atoms with E-state index >= 15 is 0 Å². The number of aryl methyl sites for hydroxylation is 2. The van der Waals surface area contributed by atoms with E-state index in [0.717, 1.165) is 58.0 Å². The predicted octanol–water partition coefficient (Wildman–Crippen LogP) is 9.25. The van der Waals surface area contributed by atoms with Gasteiger partial charge in [-0.3, -0.25) is 0 Å². The van der Waals surface area contributed by atoms with Crippen molar-refractivity contribution in [2.24, 2.45) is 17.4 Å². The average Bonchev–Trinajstić information content (AvgIpc) is 2.88. The fraction of sp³-hybridized carbons (Fsp3) is 0.636. The van der Waals surface area contributed by atoms with Crippen molar-refractivity contribution < 1.29 is 9.13 Å². The van der Waals surface area contributed by atoms with Crippen molar-refractivity contribution in [2.45, 2.75) is 113 Å². The van der Waals surface area contributed by atoms with Gasteiger partial charge in [-0.2, -0.15) is 0 Å². The number of nitrogens with two attached hydrogens (primary N) is 2. The minimum atomic E-state index is -0.768. The summed E-state index contributed by atoms with van der Waals surface area (Å²) in [5.41, 5.74) is 17.6. The summed E-state index contributed by atoms with van der Waals surface area (Å²) in [5.74, 6) is 1.16. The Labute approximate surface area is 229 Å². The third-order valence-corrected chi connectivity index (χ3v) is 5.76. The Morgan fingerprint density at radius 2 is 1.32 bits per heavy atom. The molecular weight excluding hydrogens is 459 g/mol. The number of allylic oxidation sites excluding steroid dienone is 5. The Bertz CT molecular complexity index is 753. The molecule has 1 aliphatic carbocycles. The maximum Gasteiger partial charge on any atom is 0.228 e. The number of rotatable bonds is 12. The molecule has 0 heterocycles. The van der Waals surface area contributed by atoms with Crippen molar-refractivity contribution in [1.29, 1.82) is 0 Å². The van der Waals surface area contributed by atoms with Crippen LogP contribution < -0.4 is 16.2 Å². The van der Waals surface area contributed by atoms with E-state index in [9.17, 15) is 4.39 Å². The van der Waals surface area contributed by atoms with Crippen LogP contribution in [-0.2, 0) is 12.8 Å². The molecule has 1 aliphatic rings. The van der Waals surface area contributed by atoms with Crippen molar-refractivity contribution in [1.82, 2.24) is 0 Å². The molecule has 2 rings (SSSR count). The van der Waals surface area contributed by atoms with Gasteiger partial charge in [0.15, 0.2) is 0 Å². The van der Waals surface area contributed by atoms with Crippen LogP contribution in [-0.4, -0.2) is 20.0 Å². The van der Waals surface area contributed by atoms with E-state index in [1.165, 1.54) is 47.1 Å². The highest BCUT2D eigenvalue weighted by Gasteiger charge is 2.14. The molecule has 4 heteroatoms. The minimum absolute atomic E-state index is 0.535. The molecule has 37 heavy (non-hydrogen) atoms. The number of unbranched alkanes of at least 4 members (excludes halogenated alkanes) is 2.